The first-order chi connectivity index (χ1) is 8.54. The lowest BCUT2D eigenvalue weighted by molar-refractivity contribution is -0.168. The highest BCUT2D eigenvalue weighted by Crippen LogP contribution is 2.48. The molecule has 18 heavy (non-hydrogen) atoms. The van der Waals surface area contributed by atoms with Crippen molar-refractivity contribution in [3.05, 3.63) is 12.2 Å². The molecule has 0 amide bonds. The molecule has 3 unspecified atom stereocenters. The molecule has 2 saturated carbocycles. The normalized spacial score (nSPS) is 35.0. The van der Waals surface area contributed by atoms with Crippen LogP contribution in [0.5, 0.6) is 0 Å². The molecule has 0 heterocycles. The topological polar surface area (TPSA) is 46.5 Å². The van der Waals surface area contributed by atoms with Gasteiger partial charge in [-0.3, -0.25) is 0 Å². The molecule has 0 saturated heterocycles. The Morgan fingerprint density at radius 1 is 1.50 bits per heavy atom. The standard InChI is InChI=1S/C15H24O3/c1-11(2)14(17)18-15-6-3-4-12(9-15)8-13(10-15)5-7-16/h12-13,16H,1,3-10H2,2H3. The number of esters is 1. The molecule has 3 atom stereocenters. The van der Waals surface area contributed by atoms with E-state index in [-0.39, 0.29) is 18.2 Å². The summed E-state index contributed by atoms with van der Waals surface area (Å²) < 4.78 is 5.77. The Morgan fingerprint density at radius 3 is 2.94 bits per heavy atom. The number of carbonyl (C=O) groups is 1. The van der Waals surface area contributed by atoms with Crippen molar-refractivity contribution in [3.63, 3.8) is 0 Å². The van der Waals surface area contributed by atoms with Crippen LogP contribution in [-0.2, 0) is 9.53 Å². The number of aliphatic hydroxyl groups is 1. The summed E-state index contributed by atoms with van der Waals surface area (Å²) in [6, 6.07) is 0. The van der Waals surface area contributed by atoms with Crippen LogP contribution in [0.3, 0.4) is 0 Å². The monoisotopic (exact) mass is 252 g/mol. The van der Waals surface area contributed by atoms with Gasteiger partial charge < -0.3 is 9.84 Å². The van der Waals surface area contributed by atoms with E-state index in [1.807, 2.05) is 0 Å². The molecule has 2 fully saturated rings. The van der Waals surface area contributed by atoms with E-state index >= 15 is 0 Å². The second-order valence-electron chi connectivity index (χ2n) is 6.13. The maximum absolute atomic E-state index is 11.8. The third-order valence-electron chi connectivity index (χ3n) is 4.43. The first-order valence-corrected chi connectivity index (χ1v) is 7.04. The highest BCUT2D eigenvalue weighted by molar-refractivity contribution is 5.87. The molecule has 102 valence electrons. The Morgan fingerprint density at radius 2 is 2.28 bits per heavy atom. The van der Waals surface area contributed by atoms with Crippen LogP contribution in [0, 0.1) is 11.8 Å². The number of hydrogen-bond acceptors (Lipinski definition) is 3. The Kier molecular flexibility index (Phi) is 4.10. The van der Waals surface area contributed by atoms with Crippen LogP contribution in [0.1, 0.15) is 51.9 Å². The minimum Gasteiger partial charge on any atom is -0.456 e. The third kappa shape index (κ3) is 2.94. The molecule has 3 nitrogen and oxygen atoms in total. The maximum Gasteiger partial charge on any atom is 0.333 e. The molecule has 0 aliphatic heterocycles. The van der Waals surface area contributed by atoms with Gasteiger partial charge in [0.25, 0.3) is 0 Å². The van der Waals surface area contributed by atoms with Crippen LogP contribution < -0.4 is 0 Å². The summed E-state index contributed by atoms with van der Waals surface area (Å²) in [6.45, 7) is 5.60. The van der Waals surface area contributed by atoms with Crippen molar-refractivity contribution in [2.24, 2.45) is 11.8 Å². The van der Waals surface area contributed by atoms with E-state index < -0.39 is 0 Å². The van der Waals surface area contributed by atoms with E-state index in [1.54, 1.807) is 6.92 Å². The van der Waals surface area contributed by atoms with Crippen molar-refractivity contribution in [1.82, 2.24) is 0 Å². The van der Waals surface area contributed by atoms with Gasteiger partial charge in [0.2, 0.25) is 0 Å². The van der Waals surface area contributed by atoms with Gasteiger partial charge >= 0.3 is 5.97 Å². The third-order valence-corrected chi connectivity index (χ3v) is 4.43. The van der Waals surface area contributed by atoms with Crippen molar-refractivity contribution >= 4 is 5.97 Å². The van der Waals surface area contributed by atoms with Crippen LogP contribution in [0.4, 0.5) is 0 Å². The zero-order valence-electron chi connectivity index (χ0n) is 11.3. The SMILES string of the molecule is C=C(C)C(=O)OC12CCCC(CC(CCO)C1)C2. The Labute approximate surface area is 109 Å². The molecule has 2 bridgehead atoms. The van der Waals surface area contributed by atoms with Crippen molar-refractivity contribution in [3.8, 4) is 0 Å². The fraction of sp³-hybridized carbons (Fsp3) is 0.800. The number of rotatable bonds is 4. The average Bonchev–Trinajstić information content (AvgIpc) is 2.28. The zero-order chi connectivity index (χ0) is 13.2. The van der Waals surface area contributed by atoms with Gasteiger partial charge in [-0.25, -0.2) is 4.79 Å². The van der Waals surface area contributed by atoms with E-state index in [0.717, 1.165) is 32.1 Å². The number of carbonyl (C=O) groups excluding carboxylic acids is 1. The van der Waals surface area contributed by atoms with E-state index in [9.17, 15) is 4.79 Å². The smallest absolute Gasteiger partial charge is 0.333 e. The fourth-order valence-corrected chi connectivity index (χ4v) is 3.73. The van der Waals surface area contributed by atoms with Crippen LogP contribution >= 0.6 is 0 Å². The molecule has 2 aliphatic carbocycles. The number of aliphatic hydroxyl groups excluding tert-OH is 1. The number of ether oxygens (including phenoxy) is 1. The van der Waals surface area contributed by atoms with E-state index in [1.165, 1.54) is 12.8 Å². The molecule has 2 aliphatic rings. The molecular formula is C15H24O3. The highest BCUT2D eigenvalue weighted by Gasteiger charge is 2.45. The quantitative estimate of drug-likeness (QED) is 0.618. The van der Waals surface area contributed by atoms with Gasteiger partial charge in [0.15, 0.2) is 0 Å². The summed E-state index contributed by atoms with van der Waals surface area (Å²) in [6.07, 6.45) is 7.32. The zero-order valence-corrected chi connectivity index (χ0v) is 11.3. The molecule has 3 heteroatoms. The van der Waals surface area contributed by atoms with Crippen molar-refractivity contribution in [1.29, 1.82) is 0 Å². The van der Waals surface area contributed by atoms with Gasteiger partial charge in [-0.15, -0.1) is 0 Å². The average molecular weight is 252 g/mol. The molecule has 0 aromatic heterocycles. The van der Waals surface area contributed by atoms with Gasteiger partial charge in [-0.2, -0.15) is 0 Å². The van der Waals surface area contributed by atoms with Crippen LogP contribution in [0.15, 0.2) is 12.2 Å². The Balaban J connectivity index is 2.07. The molecule has 0 aromatic carbocycles. The fourth-order valence-electron chi connectivity index (χ4n) is 3.73. The molecular weight excluding hydrogens is 228 g/mol. The largest absolute Gasteiger partial charge is 0.456 e. The molecule has 2 rings (SSSR count). The summed E-state index contributed by atoms with van der Waals surface area (Å²) >= 11 is 0. The van der Waals surface area contributed by atoms with Gasteiger partial charge in [0, 0.05) is 12.2 Å². The number of hydrogen-bond donors (Lipinski definition) is 1. The first kappa shape index (κ1) is 13.6. The van der Waals surface area contributed by atoms with E-state index in [2.05, 4.69) is 6.58 Å². The summed E-state index contributed by atoms with van der Waals surface area (Å²) in [4.78, 5) is 11.8. The lowest BCUT2D eigenvalue weighted by Gasteiger charge is -2.47. The second-order valence-corrected chi connectivity index (χ2v) is 6.13. The summed E-state index contributed by atoms with van der Waals surface area (Å²) in [5.41, 5.74) is 0.215. The number of fused-ring (bicyclic) bond motifs is 2. The predicted octanol–water partition coefficient (Wildman–Crippen LogP) is 2.83. The summed E-state index contributed by atoms with van der Waals surface area (Å²) in [7, 11) is 0. The van der Waals surface area contributed by atoms with Gasteiger partial charge in [-0.1, -0.05) is 13.0 Å². The Hall–Kier alpha value is -0.830. The molecule has 0 radical (unpaired) electrons. The summed E-state index contributed by atoms with van der Waals surface area (Å²) in [5, 5.41) is 9.11. The molecule has 0 aromatic rings. The maximum atomic E-state index is 11.8. The first-order valence-electron chi connectivity index (χ1n) is 7.04. The molecule has 0 spiro atoms. The highest BCUT2D eigenvalue weighted by atomic mass is 16.6. The lowest BCUT2D eigenvalue weighted by Crippen LogP contribution is -2.46. The van der Waals surface area contributed by atoms with Gasteiger partial charge in [0.1, 0.15) is 5.60 Å². The lowest BCUT2D eigenvalue weighted by atomic mass is 9.64. The second kappa shape index (κ2) is 5.43. The summed E-state index contributed by atoms with van der Waals surface area (Å²) in [5.74, 6) is 0.925. The minimum absolute atomic E-state index is 0.238. The van der Waals surface area contributed by atoms with Crippen LogP contribution in [-0.4, -0.2) is 23.3 Å². The van der Waals surface area contributed by atoms with Gasteiger partial charge in [0.05, 0.1) is 0 Å². The van der Waals surface area contributed by atoms with Crippen molar-refractivity contribution in [2.45, 2.75) is 57.5 Å². The van der Waals surface area contributed by atoms with E-state index in [0.29, 0.717) is 17.4 Å². The van der Waals surface area contributed by atoms with E-state index in [4.69, 9.17) is 9.84 Å². The van der Waals surface area contributed by atoms with Crippen LogP contribution in [0.25, 0.3) is 0 Å². The minimum atomic E-state index is -0.267. The van der Waals surface area contributed by atoms with Crippen molar-refractivity contribution in [2.75, 3.05) is 6.61 Å². The van der Waals surface area contributed by atoms with Crippen LogP contribution in [0.2, 0.25) is 0 Å². The van der Waals surface area contributed by atoms with Crippen molar-refractivity contribution < 1.29 is 14.6 Å². The van der Waals surface area contributed by atoms with Gasteiger partial charge in [-0.05, 0) is 57.3 Å². The Bertz CT molecular complexity index is 337. The molecule has 1 N–H and O–H groups in total. The predicted molar refractivity (Wildman–Crippen MR) is 70.0 cm³/mol.